The van der Waals surface area contributed by atoms with E-state index < -0.39 is 0 Å². The van der Waals surface area contributed by atoms with E-state index in [2.05, 4.69) is 72.4 Å². The summed E-state index contributed by atoms with van der Waals surface area (Å²) in [6, 6.07) is 5.02. The maximum atomic E-state index is 8.00. The summed E-state index contributed by atoms with van der Waals surface area (Å²) in [4.78, 5) is 8.00. The Morgan fingerprint density at radius 1 is 0.775 bits per heavy atom. The summed E-state index contributed by atoms with van der Waals surface area (Å²) in [6.07, 6.45) is 21.8. The van der Waals surface area contributed by atoms with Gasteiger partial charge in [-0.1, -0.05) is 134 Å². The zero-order valence-electron chi connectivity index (χ0n) is 28.3. The molecule has 1 heteroatoms. The molecular formula is C39H64O. The molecule has 0 saturated heterocycles. The van der Waals surface area contributed by atoms with E-state index in [9.17, 15) is 0 Å². The monoisotopic (exact) mass is 548 g/mol. The van der Waals surface area contributed by atoms with Crippen molar-refractivity contribution in [2.24, 2.45) is 11.8 Å². The maximum absolute atomic E-state index is 8.00. The molecule has 0 atom stereocenters. The number of aryl methyl sites for hydroxylation is 1. The zero-order valence-corrected chi connectivity index (χ0v) is 28.3. The molecule has 0 spiro atoms. The van der Waals surface area contributed by atoms with E-state index in [0.29, 0.717) is 10.8 Å². The smallest absolute Gasteiger partial charge is 0.106 e. The molecule has 0 unspecified atom stereocenters. The lowest BCUT2D eigenvalue weighted by molar-refractivity contribution is -0.0980. The Hall–Kier alpha value is -1.89. The zero-order chi connectivity index (χ0) is 30.5. The SMILES string of the molecule is C1CCC2CCCCC2C1.C=C(C)C.C=O.CC.CC1=CC=C(Cc2cc3c(cc2C)C(C)(C)CCC3(C)C)C1. The van der Waals surface area contributed by atoms with E-state index in [4.69, 9.17) is 4.79 Å². The van der Waals surface area contributed by atoms with Gasteiger partial charge in [-0.25, -0.2) is 0 Å². The highest BCUT2D eigenvalue weighted by molar-refractivity contribution is 5.48. The van der Waals surface area contributed by atoms with Gasteiger partial charge in [0, 0.05) is 0 Å². The molecule has 1 aromatic rings. The van der Waals surface area contributed by atoms with E-state index in [0.717, 1.165) is 24.7 Å². The van der Waals surface area contributed by atoms with Crippen LogP contribution in [-0.2, 0) is 22.0 Å². The van der Waals surface area contributed by atoms with Crippen molar-refractivity contribution in [3.05, 3.63) is 69.8 Å². The number of hydrogen-bond donors (Lipinski definition) is 0. The van der Waals surface area contributed by atoms with Gasteiger partial charge in [0.25, 0.3) is 0 Å². The minimum absolute atomic E-state index is 0.311. The molecule has 0 heterocycles. The maximum Gasteiger partial charge on any atom is 0.106 e. The molecule has 226 valence electrons. The predicted molar refractivity (Wildman–Crippen MR) is 179 cm³/mol. The van der Waals surface area contributed by atoms with Crippen molar-refractivity contribution >= 4 is 6.79 Å². The Labute approximate surface area is 250 Å². The number of rotatable bonds is 2. The Morgan fingerprint density at radius 3 is 1.55 bits per heavy atom. The molecule has 4 aliphatic carbocycles. The number of benzene rings is 1. The van der Waals surface area contributed by atoms with Crippen LogP contribution in [0.5, 0.6) is 0 Å². The number of fused-ring (bicyclic) bond motifs is 2. The van der Waals surface area contributed by atoms with Crippen LogP contribution in [0.15, 0.2) is 47.6 Å². The van der Waals surface area contributed by atoms with Gasteiger partial charge in [-0.3, -0.25) is 0 Å². The molecule has 0 bridgehead atoms. The molecule has 40 heavy (non-hydrogen) atoms. The molecule has 5 rings (SSSR count). The fourth-order valence-corrected chi connectivity index (χ4v) is 6.92. The average Bonchev–Trinajstić information content (AvgIpc) is 3.34. The first kappa shape index (κ1) is 36.1. The molecule has 0 radical (unpaired) electrons. The summed E-state index contributed by atoms with van der Waals surface area (Å²) in [7, 11) is 0. The van der Waals surface area contributed by atoms with Crippen molar-refractivity contribution in [2.45, 2.75) is 157 Å². The predicted octanol–water partition coefficient (Wildman–Crippen LogP) is 12.0. The lowest BCUT2D eigenvalue weighted by Crippen LogP contribution is -2.34. The van der Waals surface area contributed by atoms with Crippen molar-refractivity contribution in [2.75, 3.05) is 0 Å². The highest BCUT2D eigenvalue weighted by Crippen LogP contribution is 2.47. The molecule has 2 saturated carbocycles. The number of hydrogen-bond acceptors (Lipinski definition) is 1. The quantitative estimate of drug-likeness (QED) is 0.336. The summed E-state index contributed by atoms with van der Waals surface area (Å²) in [5, 5.41) is 0. The largest absolute Gasteiger partial charge is 0.307 e. The third kappa shape index (κ3) is 10.8. The van der Waals surface area contributed by atoms with E-state index >= 15 is 0 Å². The number of allylic oxidation sites excluding steroid dienone is 5. The first-order chi connectivity index (χ1) is 18.9. The number of carbonyl (C=O) groups is 1. The molecule has 0 aromatic heterocycles. The van der Waals surface area contributed by atoms with Crippen molar-refractivity contribution in [1.29, 1.82) is 0 Å². The Bertz CT molecular complexity index is 956. The van der Waals surface area contributed by atoms with Crippen molar-refractivity contribution in [1.82, 2.24) is 0 Å². The Balaban J connectivity index is 0.000000367. The summed E-state index contributed by atoms with van der Waals surface area (Å²) in [5.74, 6) is 2.31. The minimum Gasteiger partial charge on any atom is -0.307 e. The molecule has 2 fully saturated rings. The lowest BCUT2D eigenvalue weighted by Gasteiger charge is -2.42. The summed E-state index contributed by atoms with van der Waals surface area (Å²) < 4.78 is 0. The fraction of sp³-hybridized carbons (Fsp3) is 0.667. The van der Waals surface area contributed by atoms with Crippen LogP contribution in [0.4, 0.5) is 0 Å². The number of carbonyl (C=O) groups excluding carboxylic acids is 1. The van der Waals surface area contributed by atoms with Gasteiger partial charge in [0.1, 0.15) is 6.79 Å². The second-order valence-electron chi connectivity index (χ2n) is 14.1. The third-order valence-electron chi connectivity index (χ3n) is 9.30. The normalized spacial score (nSPS) is 23.2. The lowest BCUT2D eigenvalue weighted by atomic mass is 9.62. The molecule has 1 aromatic carbocycles. The highest BCUT2D eigenvalue weighted by atomic mass is 16.1. The van der Waals surface area contributed by atoms with Crippen LogP contribution in [0.25, 0.3) is 0 Å². The van der Waals surface area contributed by atoms with E-state index in [-0.39, 0.29) is 0 Å². The van der Waals surface area contributed by atoms with E-state index in [1.165, 1.54) is 60.8 Å². The van der Waals surface area contributed by atoms with Gasteiger partial charge in [0.15, 0.2) is 0 Å². The first-order valence-electron chi connectivity index (χ1n) is 16.3. The summed E-state index contributed by atoms with van der Waals surface area (Å²) >= 11 is 0. The molecule has 0 N–H and O–H groups in total. The molecule has 4 aliphatic rings. The van der Waals surface area contributed by atoms with E-state index in [1.807, 2.05) is 34.5 Å². The van der Waals surface area contributed by atoms with Crippen LogP contribution in [0.2, 0.25) is 0 Å². The van der Waals surface area contributed by atoms with Crippen molar-refractivity contribution in [3.63, 3.8) is 0 Å². The highest BCUT2D eigenvalue weighted by Gasteiger charge is 2.37. The average molecular weight is 549 g/mol. The van der Waals surface area contributed by atoms with Gasteiger partial charge in [0.05, 0.1) is 0 Å². The summed E-state index contributed by atoms with van der Waals surface area (Å²) in [5.41, 5.74) is 11.0. The summed E-state index contributed by atoms with van der Waals surface area (Å²) in [6.45, 7) is 27.7. The van der Waals surface area contributed by atoms with Gasteiger partial charge in [0.2, 0.25) is 0 Å². The topological polar surface area (TPSA) is 17.1 Å². The second-order valence-corrected chi connectivity index (χ2v) is 14.1. The first-order valence-corrected chi connectivity index (χ1v) is 16.3. The van der Waals surface area contributed by atoms with E-state index in [1.54, 1.807) is 42.4 Å². The van der Waals surface area contributed by atoms with Crippen LogP contribution in [0.1, 0.15) is 155 Å². The minimum atomic E-state index is 0.311. The van der Waals surface area contributed by atoms with Crippen LogP contribution < -0.4 is 0 Å². The Morgan fingerprint density at radius 2 is 1.18 bits per heavy atom. The van der Waals surface area contributed by atoms with Gasteiger partial charge in [-0.15, -0.1) is 6.58 Å². The second kappa shape index (κ2) is 17.2. The van der Waals surface area contributed by atoms with Crippen LogP contribution >= 0.6 is 0 Å². The van der Waals surface area contributed by atoms with Gasteiger partial charge < -0.3 is 4.79 Å². The van der Waals surface area contributed by atoms with Crippen LogP contribution in [-0.4, -0.2) is 6.79 Å². The fourth-order valence-electron chi connectivity index (χ4n) is 6.92. The van der Waals surface area contributed by atoms with Gasteiger partial charge in [-0.05, 0) is 98.3 Å². The molecule has 0 aliphatic heterocycles. The van der Waals surface area contributed by atoms with Gasteiger partial charge in [-0.2, -0.15) is 0 Å². The van der Waals surface area contributed by atoms with Crippen molar-refractivity contribution in [3.8, 4) is 0 Å². The van der Waals surface area contributed by atoms with Gasteiger partial charge >= 0.3 is 0 Å². The molecular weight excluding hydrogens is 484 g/mol. The molecule has 0 amide bonds. The third-order valence-corrected chi connectivity index (χ3v) is 9.30. The van der Waals surface area contributed by atoms with Crippen LogP contribution in [0, 0.1) is 18.8 Å². The Kier molecular flexibility index (Phi) is 15.5. The van der Waals surface area contributed by atoms with Crippen LogP contribution in [0.3, 0.4) is 0 Å². The van der Waals surface area contributed by atoms with Crippen molar-refractivity contribution < 1.29 is 4.79 Å². The standard InChI is InChI=1S/C22H30.C10H18.C4H8.C2H6.CH2O/c1-15-7-8-17(11-15)13-18-14-20-19(12-16(18)2)21(3,4)9-10-22(20,5)6;1-2-6-10-8-4-3-7-9(10)5-1;1-4(2)3;2*1-2/h7-8,12,14H,9-11,13H2,1-6H3;9-10H,1-8H2;1H2,2-3H3;1-2H3;1H2. The molecule has 1 nitrogen and oxygen atoms in total.